The van der Waals surface area contributed by atoms with Crippen molar-refractivity contribution in [1.29, 1.82) is 0 Å². The molecule has 0 bridgehead atoms. The van der Waals surface area contributed by atoms with Gasteiger partial charge in [-0.15, -0.1) is 11.8 Å². The fraction of sp³-hybridized carbons (Fsp3) is 0.615. The van der Waals surface area contributed by atoms with Crippen LogP contribution in [-0.4, -0.2) is 38.4 Å². The molecule has 2 N–H and O–H groups in total. The van der Waals surface area contributed by atoms with E-state index in [1.807, 2.05) is 0 Å². The zero-order valence-corrected chi connectivity index (χ0v) is 11.8. The molecule has 0 amide bonds. The topological polar surface area (TPSA) is 75.1 Å². The molecule has 0 saturated heterocycles. The molecule has 104 valence electrons. The van der Waals surface area contributed by atoms with Crippen molar-refractivity contribution in [3.63, 3.8) is 0 Å². The van der Waals surface area contributed by atoms with Gasteiger partial charge in [-0.1, -0.05) is 0 Å². The molecule has 5 nitrogen and oxygen atoms in total. The molecule has 1 aliphatic rings. The zero-order chi connectivity index (χ0) is 13.7. The number of aromatic nitrogens is 2. The van der Waals surface area contributed by atoms with Crippen LogP contribution in [-0.2, 0) is 4.79 Å². The van der Waals surface area contributed by atoms with E-state index in [0.717, 1.165) is 30.0 Å². The van der Waals surface area contributed by atoms with E-state index in [1.54, 1.807) is 37.3 Å². The fourth-order valence-electron chi connectivity index (χ4n) is 1.88. The Morgan fingerprint density at radius 1 is 1.58 bits per heavy atom. The van der Waals surface area contributed by atoms with Crippen LogP contribution < -0.4 is 5.32 Å². The number of thioether (sulfide) groups is 1. The summed E-state index contributed by atoms with van der Waals surface area (Å²) in [6.07, 6.45) is 8.69. The lowest BCUT2D eigenvalue weighted by Crippen LogP contribution is -2.50. The maximum Gasteiger partial charge on any atom is 0.323 e. The quantitative estimate of drug-likeness (QED) is 0.560. The van der Waals surface area contributed by atoms with Gasteiger partial charge >= 0.3 is 5.97 Å². The summed E-state index contributed by atoms with van der Waals surface area (Å²) in [4.78, 5) is 19.5. The van der Waals surface area contributed by atoms with E-state index in [9.17, 15) is 9.90 Å². The van der Waals surface area contributed by atoms with Gasteiger partial charge in [-0.3, -0.25) is 15.1 Å². The van der Waals surface area contributed by atoms with E-state index in [2.05, 4.69) is 15.3 Å². The molecule has 6 heteroatoms. The van der Waals surface area contributed by atoms with Crippen LogP contribution in [0.1, 0.15) is 32.6 Å². The van der Waals surface area contributed by atoms with Gasteiger partial charge in [0.25, 0.3) is 0 Å². The van der Waals surface area contributed by atoms with Crippen molar-refractivity contribution in [3.8, 4) is 0 Å². The molecular weight excluding hydrogens is 262 g/mol. The molecule has 1 heterocycles. The predicted octanol–water partition coefficient (Wildman–Crippen LogP) is 1.94. The Balaban J connectivity index is 1.74. The Hall–Kier alpha value is -1.14. The van der Waals surface area contributed by atoms with Crippen molar-refractivity contribution in [2.24, 2.45) is 0 Å². The van der Waals surface area contributed by atoms with Crippen LogP contribution in [0.4, 0.5) is 0 Å². The molecule has 19 heavy (non-hydrogen) atoms. The number of nitrogens with zero attached hydrogens (tertiary/aromatic N) is 2. The maximum atomic E-state index is 11.4. The van der Waals surface area contributed by atoms with Crippen molar-refractivity contribution in [3.05, 3.63) is 18.6 Å². The Kier molecular flexibility index (Phi) is 4.76. The van der Waals surface area contributed by atoms with Gasteiger partial charge in [0.15, 0.2) is 0 Å². The molecular formula is C13H19N3O2S. The highest BCUT2D eigenvalue weighted by Gasteiger charge is 2.37. The first-order chi connectivity index (χ1) is 9.10. The smallest absolute Gasteiger partial charge is 0.323 e. The van der Waals surface area contributed by atoms with Gasteiger partial charge in [0.2, 0.25) is 0 Å². The first-order valence-corrected chi connectivity index (χ1v) is 7.49. The minimum atomic E-state index is -0.801. The maximum absolute atomic E-state index is 11.4. The molecule has 0 aliphatic heterocycles. The summed E-state index contributed by atoms with van der Waals surface area (Å²) >= 11 is 1.61. The molecule has 0 aromatic carbocycles. The standard InChI is InChI=1S/C13H19N3O2S/c1-13(12(17)18,16-10-3-4-10)5-2-8-19-11-9-14-6-7-15-11/h6-7,9-10,16H,2-5,8H2,1H3,(H,17,18). The number of hydrogen-bond donors (Lipinski definition) is 2. The second-order valence-corrected chi connectivity index (χ2v) is 6.17. The number of carboxylic acids is 1. The Labute approximate surface area is 117 Å². The van der Waals surface area contributed by atoms with Gasteiger partial charge in [0.1, 0.15) is 10.6 Å². The minimum Gasteiger partial charge on any atom is -0.480 e. The molecule has 1 fully saturated rings. The number of carbonyl (C=O) groups is 1. The van der Waals surface area contributed by atoms with E-state index in [4.69, 9.17) is 0 Å². The second kappa shape index (κ2) is 6.34. The van der Waals surface area contributed by atoms with E-state index in [1.165, 1.54) is 0 Å². The van der Waals surface area contributed by atoms with Crippen molar-refractivity contribution in [2.45, 2.75) is 49.2 Å². The second-order valence-electron chi connectivity index (χ2n) is 5.05. The SMILES string of the molecule is CC(CCCSc1cnccn1)(NC1CC1)C(=O)O. The monoisotopic (exact) mass is 281 g/mol. The summed E-state index contributed by atoms with van der Waals surface area (Å²) in [6, 6.07) is 0.397. The Morgan fingerprint density at radius 2 is 2.37 bits per heavy atom. The van der Waals surface area contributed by atoms with Crippen LogP contribution in [0.25, 0.3) is 0 Å². The Morgan fingerprint density at radius 3 is 2.95 bits per heavy atom. The lowest BCUT2D eigenvalue weighted by Gasteiger charge is -2.26. The van der Waals surface area contributed by atoms with Gasteiger partial charge < -0.3 is 5.11 Å². The number of carboxylic acid groups (broad SMARTS) is 1. The van der Waals surface area contributed by atoms with E-state index in [0.29, 0.717) is 12.5 Å². The average Bonchev–Trinajstić information content (AvgIpc) is 3.19. The molecule has 1 aromatic rings. The molecule has 0 radical (unpaired) electrons. The van der Waals surface area contributed by atoms with Crippen molar-refractivity contribution >= 4 is 17.7 Å². The lowest BCUT2D eigenvalue weighted by atomic mass is 9.96. The summed E-state index contributed by atoms with van der Waals surface area (Å²) in [6.45, 7) is 1.78. The van der Waals surface area contributed by atoms with Gasteiger partial charge in [0, 0.05) is 18.4 Å². The third-order valence-corrected chi connectivity index (χ3v) is 4.18. The first kappa shape index (κ1) is 14.3. The lowest BCUT2D eigenvalue weighted by molar-refractivity contribution is -0.144. The third-order valence-electron chi connectivity index (χ3n) is 3.18. The summed E-state index contributed by atoms with van der Waals surface area (Å²) in [5, 5.41) is 13.4. The Bertz CT molecular complexity index is 425. The van der Waals surface area contributed by atoms with Crippen LogP contribution in [0.5, 0.6) is 0 Å². The van der Waals surface area contributed by atoms with E-state index < -0.39 is 11.5 Å². The molecule has 1 aromatic heterocycles. The highest BCUT2D eigenvalue weighted by molar-refractivity contribution is 7.99. The minimum absolute atomic E-state index is 0.397. The van der Waals surface area contributed by atoms with Crippen LogP contribution in [0.15, 0.2) is 23.6 Å². The summed E-state index contributed by atoms with van der Waals surface area (Å²) in [5.41, 5.74) is -0.801. The largest absolute Gasteiger partial charge is 0.480 e. The van der Waals surface area contributed by atoms with Crippen LogP contribution in [0.3, 0.4) is 0 Å². The normalized spacial score (nSPS) is 17.9. The van der Waals surface area contributed by atoms with Crippen molar-refractivity contribution in [2.75, 3.05) is 5.75 Å². The molecule has 1 atom stereocenters. The third kappa shape index (κ3) is 4.47. The summed E-state index contributed by atoms with van der Waals surface area (Å²) in [7, 11) is 0. The van der Waals surface area contributed by atoms with E-state index >= 15 is 0 Å². The molecule has 1 unspecified atom stereocenters. The van der Waals surface area contributed by atoms with Gasteiger partial charge in [-0.2, -0.15) is 0 Å². The van der Waals surface area contributed by atoms with Gasteiger partial charge in [-0.05, 0) is 38.4 Å². The van der Waals surface area contributed by atoms with Crippen molar-refractivity contribution in [1.82, 2.24) is 15.3 Å². The molecule has 1 aliphatic carbocycles. The fourth-order valence-corrected chi connectivity index (χ4v) is 2.65. The number of nitrogens with one attached hydrogen (secondary N) is 1. The average molecular weight is 281 g/mol. The van der Waals surface area contributed by atoms with Gasteiger partial charge in [-0.25, -0.2) is 4.98 Å². The van der Waals surface area contributed by atoms with Crippen LogP contribution in [0, 0.1) is 0 Å². The predicted molar refractivity (Wildman–Crippen MR) is 74.2 cm³/mol. The van der Waals surface area contributed by atoms with Crippen molar-refractivity contribution < 1.29 is 9.90 Å². The first-order valence-electron chi connectivity index (χ1n) is 6.50. The molecule has 0 spiro atoms. The summed E-state index contributed by atoms with van der Waals surface area (Å²) in [5.74, 6) is 0.0948. The van der Waals surface area contributed by atoms with Crippen LogP contribution >= 0.6 is 11.8 Å². The number of rotatable bonds is 8. The zero-order valence-electron chi connectivity index (χ0n) is 11.0. The van der Waals surface area contributed by atoms with Gasteiger partial charge in [0.05, 0.1) is 6.20 Å². The molecule has 1 saturated carbocycles. The number of hydrogen-bond acceptors (Lipinski definition) is 5. The highest BCUT2D eigenvalue weighted by atomic mass is 32.2. The van der Waals surface area contributed by atoms with E-state index in [-0.39, 0.29) is 0 Å². The highest BCUT2D eigenvalue weighted by Crippen LogP contribution is 2.26. The number of aliphatic carboxylic acids is 1. The molecule has 2 rings (SSSR count). The van der Waals surface area contributed by atoms with Crippen LogP contribution in [0.2, 0.25) is 0 Å². The summed E-state index contributed by atoms with van der Waals surface area (Å²) < 4.78 is 0.